The van der Waals surface area contributed by atoms with Crippen molar-refractivity contribution >= 4 is 5.97 Å². The molecule has 4 aliphatic rings. The van der Waals surface area contributed by atoms with Gasteiger partial charge in [0.2, 0.25) is 0 Å². The molecule has 0 spiro atoms. The number of hydrogen-bond donors (Lipinski definition) is 7. The minimum atomic E-state index is -1.80. The molecule has 0 unspecified atom stereocenters. The van der Waals surface area contributed by atoms with Crippen molar-refractivity contribution in [2.24, 2.45) is 17.8 Å². The first-order valence-electron chi connectivity index (χ1n) is 20.0. The van der Waals surface area contributed by atoms with Crippen LogP contribution in [0.3, 0.4) is 0 Å². The largest absolute Gasteiger partial charge is 0.459 e. The van der Waals surface area contributed by atoms with Gasteiger partial charge in [-0.25, -0.2) is 0 Å². The average Bonchev–Trinajstić information content (AvgIpc) is 3.93. The molecule has 17 atom stereocenters. The first-order valence-corrected chi connectivity index (χ1v) is 20.0. The average molecular weight is 761 g/mol. The minimum Gasteiger partial charge on any atom is -0.459 e. The molecule has 0 radical (unpaired) electrons. The summed E-state index contributed by atoms with van der Waals surface area (Å²) in [7, 11) is 1.55. The van der Waals surface area contributed by atoms with Crippen LogP contribution in [-0.4, -0.2) is 141 Å². The number of carbonyl (C=O) groups is 1. The van der Waals surface area contributed by atoms with Crippen molar-refractivity contribution in [3.8, 4) is 0 Å². The second-order valence-electron chi connectivity index (χ2n) is 17.6. The Balaban J connectivity index is 1.75. The van der Waals surface area contributed by atoms with E-state index in [1.807, 2.05) is 27.7 Å². The number of rotatable bonds is 9. The predicted molar refractivity (Wildman–Crippen MR) is 197 cm³/mol. The van der Waals surface area contributed by atoms with E-state index in [9.17, 15) is 30.3 Å². The number of esters is 1. The monoisotopic (exact) mass is 761 g/mol. The lowest BCUT2D eigenvalue weighted by Gasteiger charge is -2.53. The van der Waals surface area contributed by atoms with Crippen molar-refractivity contribution in [2.45, 2.75) is 204 Å². The molecule has 53 heavy (non-hydrogen) atoms. The van der Waals surface area contributed by atoms with Gasteiger partial charge >= 0.3 is 5.97 Å². The molecule has 3 saturated heterocycles. The van der Waals surface area contributed by atoms with E-state index in [4.69, 9.17) is 28.4 Å². The molecule has 3 aliphatic heterocycles. The van der Waals surface area contributed by atoms with E-state index in [0.717, 1.165) is 12.8 Å². The van der Waals surface area contributed by atoms with E-state index in [2.05, 4.69) is 10.6 Å². The fraction of sp³-hybridized carbons (Fsp3) is 0.974. The zero-order valence-corrected chi connectivity index (χ0v) is 34.0. The maximum absolute atomic E-state index is 14.2. The van der Waals surface area contributed by atoms with E-state index in [1.54, 1.807) is 41.7 Å². The maximum atomic E-state index is 14.2. The number of methoxy groups -OCH3 is 1. The molecule has 0 aromatic heterocycles. The second-order valence-corrected chi connectivity index (χ2v) is 17.6. The van der Waals surface area contributed by atoms with E-state index >= 15 is 0 Å². The third kappa shape index (κ3) is 10.1. The second kappa shape index (κ2) is 17.6. The first-order chi connectivity index (χ1) is 24.6. The Morgan fingerprint density at radius 3 is 2.19 bits per heavy atom. The fourth-order valence-corrected chi connectivity index (χ4v) is 8.74. The highest BCUT2D eigenvalue weighted by Crippen LogP contribution is 2.43. The number of nitrogens with one attached hydrogen (secondary N) is 2. The molecule has 0 aromatic rings. The smallest absolute Gasteiger partial charge is 0.311 e. The molecule has 1 saturated carbocycles. The molecule has 0 bridgehead atoms. The molecule has 3 heterocycles. The summed E-state index contributed by atoms with van der Waals surface area (Å²) in [6, 6.07) is -0.237. The lowest BCUT2D eigenvalue weighted by molar-refractivity contribution is -0.335. The Hall–Kier alpha value is -1.01. The highest BCUT2D eigenvalue weighted by atomic mass is 16.7. The molecular weight excluding hydrogens is 688 g/mol. The lowest BCUT2D eigenvalue weighted by atomic mass is 9.75. The van der Waals surface area contributed by atoms with Crippen molar-refractivity contribution in [3.63, 3.8) is 0 Å². The number of carbonyl (C=O) groups excluding carboxylic acids is 1. The molecular formula is C39H72N2O12. The highest BCUT2D eigenvalue weighted by Gasteiger charge is 2.58. The fourth-order valence-electron chi connectivity index (χ4n) is 8.74. The van der Waals surface area contributed by atoms with Crippen LogP contribution >= 0.6 is 0 Å². The van der Waals surface area contributed by atoms with Crippen molar-refractivity contribution in [1.82, 2.24) is 10.6 Å². The molecule has 1 aliphatic carbocycles. The highest BCUT2D eigenvalue weighted by molar-refractivity contribution is 5.73. The van der Waals surface area contributed by atoms with Gasteiger partial charge in [0.1, 0.15) is 35.1 Å². The van der Waals surface area contributed by atoms with Crippen LogP contribution in [0, 0.1) is 17.8 Å². The normalized spacial score (nSPS) is 49.8. The van der Waals surface area contributed by atoms with Gasteiger partial charge in [0.15, 0.2) is 12.6 Å². The first kappa shape index (κ1) is 44.7. The summed E-state index contributed by atoms with van der Waals surface area (Å²) < 4.78 is 37.9. The van der Waals surface area contributed by atoms with Crippen LogP contribution in [0.25, 0.3) is 0 Å². The standard InChI is InChI=1S/C39H72N2O12/c1-12-29-38(10,46)32(43)25(6)40-19-21(2)17-36(8,45)33(53-35-28(42)16-13-22(3)49-35)23(4)31(24(5)34(44)51-29)52-30-18-37(9,48-11)39(47,26(7)50-30)20-41-27-14-15-27/h21-33,35,40-43,45-47H,12-20H2,1-11H3/t21-,22-,23+,24-,25-,26+,28-,29-,30+,31+,32-,33-,35+,36-,37-,38-,39+/m1/s1. The number of aliphatic hydroxyl groups excluding tert-OH is 2. The van der Waals surface area contributed by atoms with Gasteiger partial charge in [-0.2, -0.15) is 0 Å². The molecule has 0 amide bonds. The third-order valence-corrected chi connectivity index (χ3v) is 12.7. The summed E-state index contributed by atoms with van der Waals surface area (Å²) >= 11 is 0. The zero-order valence-electron chi connectivity index (χ0n) is 34.0. The van der Waals surface area contributed by atoms with E-state index in [0.29, 0.717) is 25.4 Å². The molecule has 4 fully saturated rings. The van der Waals surface area contributed by atoms with Crippen LogP contribution < -0.4 is 10.6 Å². The van der Waals surface area contributed by atoms with Crippen LogP contribution in [0.1, 0.15) is 114 Å². The van der Waals surface area contributed by atoms with E-state index in [1.165, 1.54) is 6.92 Å². The van der Waals surface area contributed by atoms with Crippen LogP contribution in [0.15, 0.2) is 0 Å². The number of aliphatic hydroxyl groups is 5. The van der Waals surface area contributed by atoms with Gasteiger partial charge in [-0.05, 0) is 99.5 Å². The summed E-state index contributed by atoms with van der Waals surface area (Å²) in [5.74, 6) is -2.57. The van der Waals surface area contributed by atoms with Crippen molar-refractivity contribution in [3.05, 3.63) is 0 Å². The van der Waals surface area contributed by atoms with Gasteiger partial charge in [0.05, 0.1) is 35.9 Å². The number of ether oxygens (including phenoxy) is 6. The topological polar surface area (TPSA) is 198 Å². The Morgan fingerprint density at radius 2 is 1.58 bits per heavy atom. The molecule has 310 valence electrons. The quantitative estimate of drug-likeness (QED) is 0.169. The molecule has 14 heteroatoms. The Bertz CT molecular complexity index is 1190. The van der Waals surface area contributed by atoms with Crippen LogP contribution in [0.2, 0.25) is 0 Å². The van der Waals surface area contributed by atoms with Crippen LogP contribution in [-0.2, 0) is 33.2 Å². The van der Waals surface area contributed by atoms with Crippen molar-refractivity contribution in [1.29, 1.82) is 0 Å². The van der Waals surface area contributed by atoms with Crippen molar-refractivity contribution < 1.29 is 58.7 Å². The van der Waals surface area contributed by atoms with Gasteiger partial charge in [-0.15, -0.1) is 0 Å². The Labute approximate surface area is 316 Å². The Morgan fingerprint density at radius 1 is 0.925 bits per heavy atom. The summed E-state index contributed by atoms with van der Waals surface area (Å²) in [5, 5.41) is 65.0. The lowest BCUT2D eigenvalue weighted by Crippen LogP contribution is -2.70. The SMILES string of the molecule is CC[C@H]1OC(=O)[C@H](C)[C@@H](O[C@H]2C[C@@](C)(OC)[C@](O)(CNC3CC3)[C@H](C)O2)[C@H](C)[C@@H](O[C@@H]2O[C@H](C)CC[C@H]2O)[C@](C)(O)C[C@@H](C)CN[C@H](C)[C@@H](O)[C@]1(C)O. The van der Waals surface area contributed by atoms with E-state index < -0.39 is 95.5 Å². The van der Waals surface area contributed by atoms with Crippen LogP contribution in [0.5, 0.6) is 0 Å². The number of hydrogen-bond acceptors (Lipinski definition) is 14. The maximum Gasteiger partial charge on any atom is 0.311 e. The van der Waals surface area contributed by atoms with Gasteiger partial charge in [-0.1, -0.05) is 20.8 Å². The van der Waals surface area contributed by atoms with Crippen LogP contribution in [0.4, 0.5) is 0 Å². The summed E-state index contributed by atoms with van der Waals surface area (Å²) in [5.41, 5.74) is -5.84. The zero-order chi connectivity index (χ0) is 39.7. The van der Waals surface area contributed by atoms with Gasteiger partial charge in [0, 0.05) is 38.1 Å². The van der Waals surface area contributed by atoms with Gasteiger partial charge in [-0.3, -0.25) is 4.79 Å². The third-order valence-electron chi connectivity index (χ3n) is 12.7. The molecule has 14 nitrogen and oxygen atoms in total. The molecule has 7 N–H and O–H groups in total. The number of cyclic esters (lactones) is 1. The predicted octanol–water partition coefficient (Wildman–Crippen LogP) is 2.14. The Kier molecular flexibility index (Phi) is 14.9. The van der Waals surface area contributed by atoms with Crippen molar-refractivity contribution in [2.75, 3.05) is 20.2 Å². The molecule has 0 aromatic carbocycles. The summed E-state index contributed by atoms with van der Waals surface area (Å²) in [4.78, 5) is 14.2. The summed E-state index contributed by atoms with van der Waals surface area (Å²) in [6.07, 6.45) is -4.48. The molecule has 4 rings (SSSR count). The summed E-state index contributed by atoms with van der Waals surface area (Å²) in [6.45, 7) is 18.3. The van der Waals surface area contributed by atoms with E-state index in [-0.39, 0.29) is 37.8 Å². The van der Waals surface area contributed by atoms with Gasteiger partial charge < -0.3 is 64.6 Å². The van der Waals surface area contributed by atoms with Gasteiger partial charge in [0.25, 0.3) is 0 Å². The minimum absolute atomic E-state index is 0.116.